The Labute approximate surface area is 524 Å². The van der Waals surface area contributed by atoms with Gasteiger partial charge >= 0.3 is 0 Å². The van der Waals surface area contributed by atoms with Crippen LogP contribution in [0.25, 0.3) is 42.4 Å². The first-order valence-corrected chi connectivity index (χ1v) is 33.1. The molecule has 0 amide bonds. The van der Waals surface area contributed by atoms with Crippen molar-refractivity contribution in [2.45, 2.75) is 181 Å². The summed E-state index contributed by atoms with van der Waals surface area (Å²) in [5, 5.41) is 2.63. The highest BCUT2D eigenvalue weighted by molar-refractivity contribution is 7.26. The van der Waals surface area contributed by atoms with Gasteiger partial charge in [0.25, 0.3) is 6.71 Å². The topological polar surface area (TPSA) is 9.72 Å². The smallest absolute Gasteiger partial charge is 0.252 e. The van der Waals surface area contributed by atoms with E-state index in [-0.39, 0.29) is 44.7 Å². The molecule has 14 rings (SSSR count). The van der Waals surface area contributed by atoms with Crippen molar-refractivity contribution >= 4 is 100 Å². The molecular formula is C82H88BN3S. The molecule has 2 atom stereocenters. The summed E-state index contributed by atoms with van der Waals surface area (Å²) < 4.78 is 2.66. The number of benzene rings is 9. The van der Waals surface area contributed by atoms with E-state index in [1.165, 1.54) is 133 Å². The molecule has 2 unspecified atom stereocenters. The third kappa shape index (κ3) is 9.00. The number of thiophene rings is 1. The Hall–Kier alpha value is -7.34. The highest BCUT2D eigenvalue weighted by Crippen LogP contribution is 2.64. The Bertz CT molecular complexity index is 4260. The summed E-state index contributed by atoms with van der Waals surface area (Å²) in [6.45, 7) is 40.7. The standard InChI is InChI=1S/C82H88BN3S/c1-76(2,3)53-30-35-58(36-31-53)84(59-37-32-54(33-38-59)77(4,5)6)60-49-68-71-69(50-60)86-73-65(81(16)42-24-25-43-82(81,86)17)46-57(80(13,14)15)47-67(73)83(71)66-41-40-62-61-39-34-55(78(7,8)9)48-70(61)87-75(62)74(66)85(68)72-63(51-26-20-18-21-27-51)44-56(79(10,11)12)45-64(72)52-28-22-19-23-29-52/h18-23,26-41,44-50H,24-25,42-43H2,1-17H3. The van der Waals surface area contributed by atoms with Gasteiger partial charge in [0.1, 0.15) is 0 Å². The molecule has 0 radical (unpaired) electrons. The number of hydrogen-bond donors (Lipinski definition) is 0. The van der Waals surface area contributed by atoms with Gasteiger partial charge in [0.2, 0.25) is 0 Å². The van der Waals surface area contributed by atoms with Crippen LogP contribution in [0.4, 0.5) is 45.5 Å². The second-order valence-electron chi connectivity index (χ2n) is 31.8. The first-order valence-electron chi connectivity index (χ1n) is 32.3. The number of anilines is 8. The summed E-state index contributed by atoms with van der Waals surface area (Å²) in [6, 6.07) is 69.8. The first kappa shape index (κ1) is 57.4. The van der Waals surface area contributed by atoms with Gasteiger partial charge in [0, 0.05) is 60.5 Å². The Kier molecular flexibility index (Phi) is 12.9. The molecule has 1 aliphatic carbocycles. The Morgan fingerprint density at radius 3 is 1.46 bits per heavy atom. The Morgan fingerprint density at radius 2 is 0.920 bits per heavy atom. The van der Waals surface area contributed by atoms with Gasteiger partial charge in [-0.2, -0.15) is 0 Å². The van der Waals surface area contributed by atoms with Gasteiger partial charge in [-0.15, -0.1) is 11.3 Å². The SMILES string of the molecule is CC(C)(C)c1ccc(N(c2ccc(C(C)(C)C)cc2)c2cc3c4c(c2)N2c5c(cc(C(C)(C)C)cc5C5(C)CCCCC25C)B4c2ccc4c(sc5cc(C(C)(C)C)ccc54)c2N3c2c(-c3ccccc3)cc(C(C)(C)C)cc2-c2ccccc2)cc1. The average Bonchev–Trinajstić information content (AvgIpc) is 1.57. The third-order valence-corrected chi connectivity index (χ3v) is 22.1. The molecule has 3 aliphatic heterocycles. The lowest BCUT2D eigenvalue weighted by atomic mass is 9.33. The van der Waals surface area contributed by atoms with E-state index in [9.17, 15) is 0 Å². The first-order chi connectivity index (χ1) is 41.0. The third-order valence-electron chi connectivity index (χ3n) is 21.0. The zero-order valence-electron chi connectivity index (χ0n) is 54.9. The van der Waals surface area contributed by atoms with Gasteiger partial charge in [0.05, 0.1) is 27.3 Å². The zero-order valence-corrected chi connectivity index (χ0v) is 55.7. The maximum Gasteiger partial charge on any atom is 0.252 e. The lowest BCUT2D eigenvalue weighted by molar-refractivity contribution is 0.195. The molecule has 1 saturated carbocycles. The second-order valence-corrected chi connectivity index (χ2v) is 32.9. The van der Waals surface area contributed by atoms with Crippen LogP contribution in [0, 0.1) is 0 Å². The lowest BCUT2D eigenvalue weighted by Crippen LogP contribution is -2.64. The molecule has 4 heterocycles. The van der Waals surface area contributed by atoms with E-state index in [0.29, 0.717) is 0 Å². The second kappa shape index (κ2) is 19.6. The summed E-state index contributed by atoms with van der Waals surface area (Å²) in [4.78, 5) is 8.36. The Balaban J connectivity index is 1.20. The van der Waals surface area contributed by atoms with E-state index in [0.717, 1.165) is 29.9 Å². The molecule has 0 N–H and O–H groups in total. The molecule has 10 aromatic rings. The minimum absolute atomic E-state index is 0.00553. The molecule has 5 heteroatoms. The molecule has 87 heavy (non-hydrogen) atoms. The van der Waals surface area contributed by atoms with E-state index >= 15 is 0 Å². The predicted octanol–water partition coefficient (Wildman–Crippen LogP) is 21.7. The maximum atomic E-state index is 2.94. The van der Waals surface area contributed by atoms with E-state index in [4.69, 9.17) is 0 Å². The molecule has 0 spiro atoms. The number of hydrogen-bond acceptors (Lipinski definition) is 4. The highest BCUT2D eigenvalue weighted by Gasteiger charge is 2.62. The van der Waals surface area contributed by atoms with Crippen LogP contribution >= 0.6 is 11.3 Å². The van der Waals surface area contributed by atoms with Crippen LogP contribution in [0.2, 0.25) is 0 Å². The molecule has 3 nitrogen and oxygen atoms in total. The van der Waals surface area contributed by atoms with Crippen LogP contribution in [-0.4, -0.2) is 12.3 Å². The van der Waals surface area contributed by atoms with Gasteiger partial charge in [-0.25, -0.2) is 0 Å². The summed E-state index contributed by atoms with van der Waals surface area (Å²) >= 11 is 1.99. The monoisotopic (exact) mass is 1160 g/mol. The highest BCUT2D eigenvalue weighted by atomic mass is 32.1. The van der Waals surface area contributed by atoms with Crippen molar-refractivity contribution in [3.05, 3.63) is 209 Å². The summed E-state index contributed by atoms with van der Waals surface area (Å²) in [5.41, 5.74) is 26.8. The quantitative estimate of drug-likeness (QED) is 0.154. The Morgan fingerprint density at radius 1 is 0.425 bits per heavy atom. The summed E-state index contributed by atoms with van der Waals surface area (Å²) in [7, 11) is 0. The van der Waals surface area contributed by atoms with E-state index < -0.39 is 0 Å². The van der Waals surface area contributed by atoms with E-state index in [1.807, 2.05) is 11.3 Å². The van der Waals surface area contributed by atoms with Crippen molar-refractivity contribution in [3.63, 3.8) is 0 Å². The molecule has 9 aromatic carbocycles. The van der Waals surface area contributed by atoms with E-state index in [2.05, 4.69) is 308 Å². The normalized spacial score (nSPS) is 18.2. The maximum absolute atomic E-state index is 2.94. The van der Waals surface area contributed by atoms with Crippen molar-refractivity contribution in [1.29, 1.82) is 0 Å². The van der Waals surface area contributed by atoms with Crippen LogP contribution in [0.15, 0.2) is 176 Å². The summed E-state index contributed by atoms with van der Waals surface area (Å²) in [6.07, 6.45) is 4.70. The molecule has 0 bridgehead atoms. The molecule has 4 aliphatic rings. The van der Waals surface area contributed by atoms with Crippen LogP contribution in [0.3, 0.4) is 0 Å². The fraction of sp³-hybridized carbons (Fsp3) is 0.341. The van der Waals surface area contributed by atoms with Crippen LogP contribution in [-0.2, 0) is 32.5 Å². The molecule has 1 fully saturated rings. The largest absolute Gasteiger partial charge is 0.335 e. The minimum atomic E-state index is -0.201. The molecule has 440 valence electrons. The van der Waals surface area contributed by atoms with Gasteiger partial charge in [-0.05, 0) is 162 Å². The minimum Gasteiger partial charge on any atom is -0.335 e. The van der Waals surface area contributed by atoms with Gasteiger partial charge in [-0.1, -0.05) is 245 Å². The van der Waals surface area contributed by atoms with Crippen molar-refractivity contribution in [2.75, 3.05) is 14.7 Å². The van der Waals surface area contributed by atoms with Crippen molar-refractivity contribution < 1.29 is 0 Å². The van der Waals surface area contributed by atoms with E-state index in [1.54, 1.807) is 0 Å². The van der Waals surface area contributed by atoms with Crippen molar-refractivity contribution in [3.8, 4) is 22.3 Å². The molecular weight excluding hydrogens is 1070 g/mol. The number of fused-ring (bicyclic) bond motifs is 11. The number of nitrogens with zero attached hydrogens (tertiary/aromatic N) is 3. The van der Waals surface area contributed by atoms with Gasteiger partial charge in [0.15, 0.2) is 0 Å². The van der Waals surface area contributed by atoms with Gasteiger partial charge in [-0.3, -0.25) is 0 Å². The van der Waals surface area contributed by atoms with Crippen LogP contribution < -0.4 is 31.1 Å². The van der Waals surface area contributed by atoms with Crippen LogP contribution in [0.1, 0.15) is 177 Å². The lowest BCUT2D eigenvalue weighted by Gasteiger charge is -2.53. The van der Waals surface area contributed by atoms with Crippen molar-refractivity contribution in [2.24, 2.45) is 0 Å². The summed E-state index contributed by atoms with van der Waals surface area (Å²) in [5.74, 6) is 0. The van der Waals surface area contributed by atoms with Gasteiger partial charge < -0.3 is 14.7 Å². The fourth-order valence-corrected chi connectivity index (χ4v) is 16.8. The predicted molar refractivity (Wildman–Crippen MR) is 381 cm³/mol. The van der Waals surface area contributed by atoms with Crippen LogP contribution in [0.5, 0.6) is 0 Å². The number of rotatable bonds is 6. The molecule has 0 saturated heterocycles. The zero-order chi connectivity index (χ0) is 61.3. The molecule has 1 aromatic heterocycles. The van der Waals surface area contributed by atoms with Crippen molar-refractivity contribution in [1.82, 2.24) is 0 Å². The fourth-order valence-electron chi connectivity index (χ4n) is 15.5. The average molecular weight is 1160 g/mol.